The summed E-state index contributed by atoms with van der Waals surface area (Å²) in [6, 6.07) is 9.60. The second kappa shape index (κ2) is 14.6. The molecule has 0 aliphatic carbocycles. The molecule has 2 aromatic carbocycles. The Balaban J connectivity index is 1.36. The number of halogens is 3. The number of carbonyl (C=O) groups excluding carboxylic acids is 2. The molecule has 0 radical (unpaired) electrons. The number of amides is 3. The fourth-order valence-corrected chi connectivity index (χ4v) is 6.19. The standard InChI is InChI=1S/C30H34Cl2FN5O5S/c1-3-4-5-20-12-19(36-30(40)37-26-14-22(29(34)39)25(33)15-23(26)31)10-11-38(20)17-18-6-9-28(35-16-18)43-27-8-7-21(13-24(27)32)44(2,41)42/h6-9,13-16,19-20H,3-5,10-12,17H2,1-2H3,(H2,34,39)(H2,36,37,40). The van der Waals surface area contributed by atoms with Crippen molar-refractivity contribution in [3.8, 4) is 11.6 Å². The van der Waals surface area contributed by atoms with Gasteiger partial charge in [-0.2, -0.15) is 0 Å². The first-order chi connectivity index (χ1) is 20.8. The van der Waals surface area contributed by atoms with Gasteiger partial charge >= 0.3 is 6.03 Å². The molecule has 4 N–H and O–H groups in total. The van der Waals surface area contributed by atoms with Crippen LogP contribution in [0.4, 0.5) is 14.9 Å². The number of carbonyl (C=O) groups is 2. The van der Waals surface area contributed by atoms with Crippen molar-refractivity contribution in [2.24, 2.45) is 5.73 Å². The van der Waals surface area contributed by atoms with Crippen molar-refractivity contribution < 1.29 is 27.1 Å². The highest BCUT2D eigenvalue weighted by molar-refractivity contribution is 7.90. The van der Waals surface area contributed by atoms with E-state index in [1.165, 1.54) is 18.2 Å². The van der Waals surface area contributed by atoms with Gasteiger partial charge in [0.05, 0.1) is 26.2 Å². The molecule has 236 valence electrons. The van der Waals surface area contributed by atoms with Gasteiger partial charge in [-0.05, 0) is 55.2 Å². The highest BCUT2D eigenvalue weighted by atomic mass is 35.5. The number of ether oxygens (including phenoxy) is 1. The number of nitrogens with two attached hydrogens (primary N) is 1. The third-order valence-corrected chi connectivity index (χ3v) is 9.08. The zero-order valence-corrected chi connectivity index (χ0v) is 26.6. The average Bonchev–Trinajstić information content (AvgIpc) is 2.95. The van der Waals surface area contributed by atoms with E-state index >= 15 is 0 Å². The average molecular weight is 667 g/mol. The van der Waals surface area contributed by atoms with Crippen LogP contribution in [-0.2, 0) is 16.4 Å². The molecule has 1 fully saturated rings. The van der Waals surface area contributed by atoms with Crippen LogP contribution in [0.1, 0.15) is 54.9 Å². The number of aromatic nitrogens is 1. The van der Waals surface area contributed by atoms with Crippen LogP contribution in [0.2, 0.25) is 10.0 Å². The van der Waals surface area contributed by atoms with E-state index in [1.807, 2.05) is 6.07 Å². The van der Waals surface area contributed by atoms with E-state index in [1.54, 1.807) is 12.3 Å². The number of benzene rings is 2. The van der Waals surface area contributed by atoms with Gasteiger partial charge in [0.15, 0.2) is 9.84 Å². The first-order valence-electron chi connectivity index (χ1n) is 14.1. The van der Waals surface area contributed by atoms with Crippen LogP contribution in [0.3, 0.4) is 0 Å². The van der Waals surface area contributed by atoms with Gasteiger partial charge in [-0.15, -0.1) is 0 Å². The molecule has 0 bridgehead atoms. The highest BCUT2D eigenvalue weighted by Gasteiger charge is 2.29. The van der Waals surface area contributed by atoms with Crippen LogP contribution < -0.4 is 21.1 Å². The maximum atomic E-state index is 13.9. The van der Waals surface area contributed by atoms with Crippen molar-refractivity contribution in [3.63, 3.8) is 0 Å². The van der Waals surface area contributed by atoms with Crippen LogP contribution >= 0.6 is 23.2 Å². The summed E-state index contributed by atoms with van der Waals surface area (Å²) in [5, 5.41) is 5.70. The largest absolute Gasteiger partial charge is 0.437 e. The molecule has 10 nitrogen and oxygen atoms in total. The van der Waals surface area contributed by atoms with Crippen molar-refractivity contribution >= 4 is 50.7 Å². The minimum absolute atomic E-state index is 0.0451. The number of anilines is 1. The van der Waals surface area contributed by atoms with E-state index < -0.39 is 27.6 Å². The monoisotopic (exact) mass is 665 g/mol. The van der Waals surface area contributed by atoms with Gasteiger partial charge < -0.3 is 21.1 Å². The summed E-state index contributed by atoms with van der Waals surface area (Å²) in [6.45, 7) is 3.53. The Morgan fingerprint density at radius 2 is 1.93 bits per heavy atom. The van der Waals surface area contributed by atoms with Crippen LogP contribution in [0.5, 0.6) is 11.6 Å². The van der Waals surface area contributed by atoms with Crippen molar-refractivity contribution in [2.75, 3.05) is 18.1 Å². The molecule has 1 saturated heterocycles. The summed E-state index contributed by atoms with van der Waals surface area (Å²) < 4.78 is 43.2. The smallest absolute Gasteiger partial charge is 0.319 e. The summed E-state index contributed by atoms with van der Waals surface area (Å²) >= 11 is 12.3. The number of rotatable bonds is 11. The maximum Gasteiger partial charge on any atom is 0.319 e. The van der Waals surface area contributed by atoms with Crippen LogP contribution in [0.25, 0.3) is 0 Å². The molecule has 3 amide bonds. The number of pyridine rings is 1. The molecule has 2 heterocycles. The number of unbranched alkanes of at least 4 members (excludes halogenated alkanes) is 1. The Kier molecular flexibility index (Phi) is 11.1. The summed E-state index contributed by atoms with van der Waals surface area (Å²) in [5.74, 6) is -1.20. The molecule has 4 rings (SSSR count). The summed E-state index contributed by atoms with van der Waals surface area (Å²) in [4.78, 5) is 31.2. The van der Waals surface area contributed by atoms with Crippen LogP contribution in [-0.4, -0.2) is 55.1 Å². The van der Waals surface area contributed by atoms with Gasteiger partial charge in [-0.1, -0.05) is 49.0 Å². The van der Waals surface area contributed by atoms with E-state index in [0.29, 0.717) is 24.6 Å². The maximum absolute atomic E-state index is 13.9. The Hall–Kier alpha value is -3.45. The van der Waals surface area contributed by atoms with Crippen molar-refractivity contribution in [3.05, 3.63) is 75.7 Å². The number of sulfone groups is 1. The summed E-state index contributed by atoms with van der Waals surface area (Å²) in [5.41, 5.74) is 5.92. The third-order valence-electron chi connectivity index (χ3n) is 7.36. The first-order valence-corrected chi connectivity index (χ1v) is 16.7. The second-order valence-electron chi connectivity index (χ2n) is 10.7. The Morgan fingerprint density at radius 3 is 2.57 bits per heavy atom. The molecule has 2 unspecified atom stereocenters. The molecule has 3 aromatic rings. The zero-order chi connectivity index (χ0) is 32.0. The second-order valence-corrected chi connectivity index (χ2v) is 13.6. The molecule has 2 atom stereocenters. The topological polar surface area (TPSA) is 144 Å². The number of piperidine rings is 1. The predicted octanol–water partition coefficient (Wildman–Crippen LogP) is 6.17. The molecule has 1 aliphatic heterocycles. The lowest BCUT2D eigenvalue weighted by Gasteiger charge is -2.40. The van der Waals surface area contributed by atoms with Crippen LogP contribution in [0.15, 0.2) is 53.6 Å². The molecule has 1 aromatic heterocycles. The van der Waals surface area contributed by atoms with E-state index in [4.69, 9.17) is 33.7 Å². The molecular formula is C30H34Cl2FN5O5S. The number of urea groups is 1. The number of hydrogen-bond donors (Lipinski definition) is 3. The molecule has 0 saturated carbocycles. The Labute approximate surface area is 266 Å². The van der Waals surface area contributed by atoms with Gasteiger partial charge in [0, 0.05) is 43.7 Å². The number of primary amides is 1. The number of nitrogens with one attached hydrogen (secondary N) is 2. The minimum atomic E-state index is -3.39. The van der Waals surface area contributed by atoms with Gasteiger partial charge in [0.2, 0.25) is 5.88 Å². The zero-order valence-electron chi connectivity index (χ0n) is 24.3. The summed E-state index contributed by atoms with van der Waals surface area (Å²) in [6.07, 6.45) is 7.30. The van der Waals surface area contributed by atoms with E-state index in [-0.39, 0.29) is 38.3 Å². The quantitative estimate of drug-likeness (QED) is 0.222. The highest BCUT2D eigenvalue weighted by Crippen LogP contribution is 2.31. The lowest BCUT2D eigenvalue weighted by Crippen LogP contribution is -2.50. The third kappa shape index (κ3) is 8.81. The molecule has 14 heteroatoms. The summed E-state index contributed by atoms with van der Waals surface area (Å²) in [7, 11) is -3.39. The SMILES string of the molecule is CCCCC1CC(NC(=O)Nc2cc(C(N)=O)c(F)cc2Cl)CCN1Cc1ccc(Oc2ccc(S(C)(=O)=O)cc2Cl)nc1. The lowest BCUT2D eigenvalue weighted by molar-refractivity contribution is 0.0996. The van der Waals surface area contributed by atoms with E-state index in [0.717, 1.165) is 56.2 Å². The number of likely N-dealkylation sites (tertiary alicyclic amines) is 1. The predicted molar refractivity (Wildman–Crippen MR) is 168 cm³/mol. The number of nitrogens with zero attached hydrogens (tertiary/aromatic N) is 2. The van der Waals surface area contributed by atoms with Gasteiger partial charge in [0.1, 0.15) is 11.6 Å². The van der Waals surface area contributed by atoms with Crippen molar-refractivity contribution in [2.45, 2.75) is 62.6 Å². The Morgan fingerprint density at radius 1 is 1.16 bits per heavy atom. The minimum Gasteiger partial charge on any atom is -0.437 e. The molecular weight excluding hydrogens is 632 g/mol. The molecule has 0 spiro atoms. The molecule has 1 aliphatic rings. The normalized spacial score (nSPS) is 17.2. The van der Waals surface area contributed by atoms with Gasteiger partial charge in [-0.25, -0.2) is 22.6 Å². The van der Waals surface area contributed by atoms with Crippen molar-refractivity contribution in [1.82, 2.24) is 15.2 Å². The fraction of sp³-hybridized carbons (Fsp3) is 0.367. The van der Waals surface area contributed by atoms with E-state index in [2.05, 4.69) is 27.4 Å². The van der Waals surface area contributed by atoms with Gasteiger partial charge in [0.25, 0.3) is 5.91 Å². The number of hydrogen-bond acceptors (Lipinski definition) is 7. The lowest BCUT2D eigenvalue weighted by atomic mass is 9.93. The van der Waals surface area contributed by atoms with Gasteiger partial charge in [-0.3, -0.25) is 9.69 Å². The van der Waals surface area contributed by atoms with Crippen LogP contribution in [0, 0.1) is 5.82 Å². The van der Waals surface area contributed by atoms with E-state index in [9.17, 15) is 22.4 Å². The fourth-order valence-electron chi connectivity index (χ4n) is 5.06. The Bertz CT molecular complexity index is 1620. The molecule has 44 heavy (non-hydrogen) atoms. The first kappa shape index (κ1) is 33.4. The van der Waals surface area contributed by atoms with Crippen molar-refractivity contribution in [1.29, 1.82) is 0 Å².